The van der Waals surface area contributed by atoms with E-state index in [0.29, 0.717) is 0 Å². The standard InChI is InChI=1S/C20H27NO2/c1-4-21(5-2)15-19(16-9-7-6-8-10-16)20(22)17-11-13-18(23-3)14-12-17/h6-14,19-20,22H,4-5,15H2,1-3H3/p+1/t19-,20+/m0/s1. The third-order valence-electron chi connectivity index (χ3n) is 4.57. The van der Waals surface area contributed by atoms with Crippen LogP contribution in [0, 0.1) is 0 Å². The van der Waals surface area contributed by atoms with Gasteiger partial charge in [0.05, 0.1) is 38.8 Å². The molecule has 0 aliphatic carbocycles. The number of ether oxygens (including phenoxy) is 1. The Morgan fingerprint density at radius 3 is 2.04 bits per heavy atom. The first-order valence-electron chi connectivity index (χ1n) is 8.40. The summed E-state index contributed by atoms with van der Waals surface area (Å²) in [5, 5.41) is 11.0. The van der Waals surface area contributed by atoms with Crippen LogP contribution in [0.2, 0.25) is 0 Å². The zero-order valence-electron chi connectivity index (χ0n) is 14.3. The minimum Gasteiger partial charge on any atom is -0.497 e. The molecule has 2 aromatic carbocycles. The summed E-state index contributed by atoms with van der Waals surface area (Å²) >= 11 is 0. The molecular formula is C20H28NO2+. The average molecular weight is 314 g/mol. The van der Waals surface area contributed by atoms with E-state index in [-0.39, 0.29) is 5.92 Å². The van der Waals surface area contributed by atoms with Gasteiger partial charge in [0.25, 0.3) is 0 Å². The highest BCUT2D eigenvalue weighted by molar-refractivity contribution is 5.31. The van der Waals surface area contributed by atoms with Crippen molar-refractivity contribution in [2.75, 3.05) is 26.7 Å². The molecule has 0 unspecified atom stereocenters. The van der Waals surface area contributed by atoms with Crippen LogP contribution in [0.15, 0.2) is 54.6 Å². The first-order chi connectivity index (χ1) is 11.2. The molecule has 124 valence electrons. The molecule has 3 heteroatoms. The molecule has 0 spiro atoms. The van der Waals surface area contributed by atoms with Gasteiger partial charge in [0.1, 0.15) is 5.75 Å². The summed E-state index contributed by atoms with van der Waals surface area (Å²) < 4.78 is 5.21. The van der Waals surface area contributed by atoms with E-state index in [1.165, 1.54) is 10.5 Å². The SMILES string of the molecule is CC[NH+](CC)C[C@@H](c1ccccc1)[C@H](O)c1ccc(OC)cc1. The van der Waals surface area contributed by atoms with Crippen LogP contribution in [0.25, 0.3) is 0 Å². The van der Waals surface area contributed by atoms with Crippen LogP contribution in [0.3, 0.4) is 0 Å². The number of aliphatic hydroxyl groups excluding tert-OH is 1. The number of hydrogen-bond acceptors (Lipinski definition) is 2. The third kappa shape index (κ3) is 4.57. The number of aliphatic hydroxyl groups is 1. The molecule has 2 atom stereocenters. The first kappa shape index (κ1) is 17.5. The van der Waals surface area contributed by atoms with E-state index < -0.39 is 6.10 Å². The minimum absolute atomic E-state index is 0.0829. The Hall–Kier alpha value is -1.84. The van der Waals surface area contributed by atoms with Gasteiger partial charge in [-0.1, -0.05) is 42.5 Å². The van der Waals surface area contributed by atoms with Gasteiger partial charge in [-0.2, -0.15) is 0 Å². The van der Waals surface area contributed by atoms with Crippen molar-refractivity contribution >= 4 is 0 Å². The van der Waals surface area contributed by atoms with Crippen molar-refractivity contribution in [3.63, 3.8) is 0 Å². The van der Waals surface area contributed by atoms with E-state index in [9.17, 15) is 5.11 Å². The Morgan fingerprint density at radius 2 is 1.52 bits per heavy atom. The minimum atomic E-state index is -0.517. The molecule has 3 nitrogen and oxygen atoms in total. The maximum absolute atomic E-state index is 11.0. The van der Waals surface area contributed by atoms with Gasteiger partial charge < -0.3 is 14.7 Å². The Balaban J connectivity index is 2.27. The second-order valence-electron chi connectivity index (χ2n) is 5.90. The molecule has 0 aromatic heterocycles. The molecule has 0 saturated carbocycles. The summed E-state index contributed by atoms with van der Waals surface area (Å²) in [6, 6.07) is 18.1. The van der Waals surface area contributed by atoms with Crippen molar-refractivity contribution in [1.82, 2.24) is 0 Å². The highest BCUT2D eigenvalue weighted by atomic mass is 16.5. The second kappa shape index (κ2) is 8.70. The summed E-state index contributed by atoms with van der Waals surface area (Å²) in [6.07, 6.45) is -0.517. The van der Waals surface area contributed by atoms with Crippen molar-refractivity contribution in [3.8, 4) is 5.75 Å². The molecule has 0 aliphatic rings. The van der Waals surface area contributed by atoms with Crippen LogP contribution >= 0.6 is 0 Å². The van der Waals surface area contributed by atoms with Gasteiger partial charge in [-0.3, -0.25) is 0 Å². The Bertz CT molecular complexity index is 564. The first-order valence-corrected chi connectivity index (χ1v) is 8.40. The topological polar surface area (TPSA) is 33.9 Å². The molecule has 2 aromatic rings. The predicted molar refractivity (Wildman–Crippen MR) is 94.0 cm³/mol. The van der Waals surface area contributed by atoms with Crippen LogP contribution in [0.1, 0.15) is 37.0 Å². The molecule has 0 fully saturated rings. The Labute approximate surface area is 139 Å². The quantitative estimate of drug-likeness (QED) is 0.785. The van der Waals surface area contributed by atoms with Crippen molar-refractivity contribution in [2.24, 2.45) is 0 Å². The van der Waals surface area contributed by atoms with Crippen molar-refractivity contribution in [3.05, 3.63) is 65.7 Å². The number of benzene rings is 2. The summed E-state index contributed by atoms with van der Waals surface area (Å²) in [5.41, 5.74) is 2.13. The van der Waals surface area contributed by atoms with Gasteiger partial charge in [0.2, 0.25) is 0 Å². The number of rotatable bonds is 8. The fraction of sp³-hybridized carbons (Fsp3) is 0.400. The molecule has 0 amide bonds. The molecular weight excluding hydrogens is 286 g/mol. The average Bonchev–Trinajstić information content (AvgIpc) is 2.63. The van der Waals surface area contributed by atoms with E-state index in [1.54, 1.807) is 7.11 Å². The molecule has 0 aliphatic heterocycles. The normalized spacial score (nSPS) is 13.8. The monoisotopic (exact) mass is 314 g/mol. The van der Waals surface area contributed by atoms with Gasteiger partial charge in [0.15, 0.2) is 0 Å². The maximum atomic E-state index is 11.0. The highest BCUT2D eigenvalue weighted by Crippen LogP contribution is 2.30. The molecule has 23 heavy (non-hydrogen) atoms. The zero-order valence-corrected chi connectivity index (χ0v) is 14.3. The van der Waals surface area contributed by atoms with Crippen LogP contribution in [0.4, 0.5) is 0 Å². The highest BCUT2D eigenvalue weighted by Gasteiger charge is 2.26. The number of methoxy groups -OCH3 is 1. The van der Waals surface area contributed by atoms with E-state index in [1.807, 2.05) is 42.5 Å². The van der Waals surface area contributed by atoms with Gasteiger partial charge in [0, 0.05) is 0 Å². The number of nitrogens with one attached hydrogen (secondary N) is 1. The van der Waals surface area contributed by atoms with Crippen molar-refractivity contribution < 1.29 is 14.7 Å². The summed E-state index contributed by atoms with van der Waals surface area (Å²) in [6.45, 7) is 7.44. The molecule has 0 heterocycles. The predicted octanol–water partition coefficient (Wildman–Crippen LogP) is 2.44. The lowest BCUT2D eigenvalue weighted by atomic mass is 9.88. The van der Waals surface area contributed by atoms with Gasteiger partial charge in [-0.25, -0.2) is 0 Å². The fourth-order valence-corrected chi connectivity index (χ4v) is 3.00. The number of hydrogen-bond donors (Lipinski definition) is 2. The van der Waals surface area contributed by atoms with E-state index in [4.69, 9.17) is 4.74 Å². The fourth-order valence-electron chi connectivity index (χ4n) is 3.00. The lowest BCUT2D eigenvalue weighted by Gasteiger charge is -2.27. The number of quaternary nitrogens is 1. The molecule has 2 N–H and O–H groups in total. The zero-order chi connectivity index (χ0) is 16.7. The van der Waals surface area contributed by atoms with Gasteiger partial charge >= 0.3 is 0 Å². The van der Waals surface area contributed by atoms with E-state index >= 15 is 0 Å². The van der Waals surface area contributed by atoms with Crippen molar-refractivity contribution in [2.45, 2.75) is 25.9 Å². The van der Waals surface area contributed by atoms with E-state index in [2.05, 4.69) is 26.0 Å². The van der Waals surface area contributed by atoms with Crippen molar-refractivity contribution in [1.29, 1.82) is 0 Å². The number of likely N-dealkylation sites (N-methyl/N-ethyl adjacent to an activating group) is 1. The summed E-state index contributed by atoms with van der Waals surface area (Å²) in [5.74, 6) is 0.895. The van der Waals surface area contributed by atoms with E-state index in [0.717, 1.165) is 30.9 Å². The lowest BCUT2D eigenvalue weighted by molar-refractivity contribution is -0.898. The second-order valence-corrected chi connectivity index (χ2v) is 5.90. The molecule has 2 rings (SSSR count). The lowest BCUT2D eigenvalue weighted by Crippen LogP contribution is -3.12. The Morgan fingerprint density at radius 1 is 0.913 bits per heavy atom. The molecule has 0 radical (unpaired) electrons. The van der Waals surface area contributed by atoms with Crippen LogP contribution in [0.5, 0.6) is 5.75 Å². The molecule has 0 saturated heterocycles. The summed E-state index contributed by atoms with van der Waals surface area (Å²) in [4.78, 5) is 1.49. The van der Waals surface area contributed by atoms with Crippen LogP contribution in [-0.2, 0) is 0 Å². The van der Waals surface area contributed by atoms with Gasteiger partial charge in [-0.15, -0.1) is 0 Å². The van der Waals surface area contributed by atoms with Crippen LogP contribution in [-0.4, -0.2) is 31.9 Å². The van der Waals surface area contributed by atoms with Crippen LogP contribution < -0.4 is 9.64 Å². The Kier molecular flexibility index (Phi) is 6.63. The largest absolute Gasteiger partial charge is 0.497 e. The molecule has 0 bridgehead atoms. The smallest absolute Gasteiger partial charge is 0.118 e. The third-order valence-corrected chi connectivity index (χ3v) is 4.57. The van der Waals surface area contributed by atoms with Gasteiger partial charge in [-0.05, 0) is 37.1 Å². The maximum Gasteiger partial charge on any atom is 0.118 e. The summed E-state index contributed by atoms with van der Waals surface area (Å²) in [7, 11) is 1.65.